The Bertz CT molecular complexity index is 558. The van der Waals surface area contributed by atoms with Crippen LogP contribution in [0.2, 0.25) is 10.2 Å². The Kier molecular flexibility index (Phi) is 3.63. The van der Waals surface area contributed by atoms with Gasteiger partial charge in [-0.3, -0.25) is 0 Å². The molecular weight excluding hydrogens is 255 g/mol. The second kappa shape index (κ2) is 5.18. The first-order valence-corrected chi connectivity index (χ1v) is 5.74. The monoisotopic (exact) mass is 262 g/mol. The minimum Gasteiger partial charge on any atom is -0.239 e. The van der Waals surface area contributed by atoms with Gasteiger partial charge < -0.3 is 0 Å². The van der Waals surface area contributed by atoms with Crippen molar-refractivity contribution >= 4 is 23.2 Å². The number of rotatable bonds is 2. The molecule has 0 radical (unpaired) electrons. The van der Waals surface area contributed by atoms with Crippen LogP contribution in [0.1, 0.15) is 17.2 Å². The molecule has 1 atom stereocenters. The average molecular weight is 263 g/mol. The highest BCUT2D eigenvalue weighted by molar-refractivity contribution is 6.30. The lowest BCUT2D eigenvalue weighted by atomic mass is 9.97. The molecule has 0 unspecified atom stereocenters. The summed E-state index contributed by atoms with van der Waals surface area (Å²) in [6, 6.07) is 14.6. The van der Waals surface area contributed by atoms with Crippen molar-refractivity contribution in [1.29, 1.82) is 5.26 Å². The first kappa shape index (κ1) is 11.9. The van der Waals surface area contributed by atoms with Gasteiger partial charge >= 0.3 is 0 Å². The van der Waals surface area contributed by atoms with Crippen molar-refractivity contribution in [3.63, 3.8) is 0 Å². The third-order valence-corrected chi connectivity index (χ3v) is 2.83. The molecule has 1 aromatic carbocycles. The minimum absolute atomic E-state index is 0.386. The zero-order valence-electron chi connectivity index (χ0n) is 8.77. The molecule has 0 aliphatic heterocycles. The average Bonchev–Trinajstić information content (AvgIpc) is 2.33. The van der Waals surface area contributed by atoms with E-state index in [-0.39, 0.29) is 0 Å². The van der Waals surface area contributed by atoms with Crippen molar-refractivity contribution in [2.45, 2.75) is 5.92 Å². The number of aromatic nitrogens is 1. The van der Waals surface area contributed by atoms with Crippen LogP contribution in [0.3, 0.4) is 0 Å². The predicted octanol–water partition coefficient (Wildman–Crippen LogP) is 4.04. The highest BCUT2D eigenvalue weighted by Crippen LogP contribution is 2.24. The summed E-state index contributed by atoms with van der Waals surface area (Å²) in [6.07, 6.45) is 0. The van der Waals surface area contributed by atoms with E-state index in [4.69, 9.17) is 23.2 Å². The molecule has 0 spiro atoms. The first-order valence-electron chi connectivity index (χ1n) is 4.98. The summed E-state index contributed by atoms with van der Waals surface area (Å²) in [4.78, 5) is 4.15. The van der Waals surface area contributed by atoms with Gasteiger partial charge in [-0.15, -0.1) is 0 Å². The van der Waals surface area contributed by atoms with Crippen LogP contribution in [0.25, 0.3) is 0 Å². The number of halogens is 2. The molecular formula is C13H8Cl2N2. The van der Waals surface area contributed by atoms with E-state index in [9.17, 15) is 5.26 Å². The summed E-state index contributed by atoms with van der Waals surface area (Å²) < 4.78 is 0. The molecule has 0 saturated carbocycles. The number of pyridine rings is 1. The normalized spacial score (nSPS) is 11.8. The molecule has 1 aromatic heterocycles. The zero-order valence-corrected chi connectivity index (χ0v) is 10.3. The van der Waals surface area contributed by atoms with Crippen LogP contribution < -0.4 is 0 Å². The molecule has 2 nitrogen and oxygen atoms in total. The van der Waals surface area contributed by atoms with E-state index in [0.29, 0.717) is 15.9 Å². The number of hydrogen-bond donors (Lipinski definition) is 0. The Balaban J connectivity index is 2.41. The van der Waals surface area contributed by atoms with Crippen LogP contribution in [0.15, 0.2) is 42.5 Å². The molecule has 2 rings (SSSR count). The highest BCUT2D eigenvalue weighted by atomic mass is 35.5. The number of hydrogen-bond acceptors (Lipinski definition) is 2. The van der Waals surface area contributed by atoms with E-state index < -0.39 is 5.92 Å². The summed E-state index contributed by atoms with van der Waals surface area (Å²) in [7, 11) is 0. The van der Waals surface area contributed by atoms with Crippen LogP contribution in [0.5, 0.6) is 0 Å². The standard InChI is InChI=1S/C13H8Cl2N2/c14-10-6-4-9(5-7-10)11(8-16)12-2-1-3-13(15)17-12/h1-7,11H/t11-/m0/s1. The molecule has 0 amide bonds. The van der Waals surface area contributed by atoms with Crippen molar-refractivity contribution in [1.82, 2.24) is 4.98 Å². The number of benzene rings is 1. The van der Waals surface area contributed by atoms with Gasteiger partial charge in [0.05, 0.1) is 11.8 Å². The maximum atomic E-state index is 9.23. The quantitative estimate of drug-likeness (QED) is 0.766. The molecule has 0 fully saturated rings. The molecule has 4 heteroatoms. The fourth-order valence-corrected chi connectivity index (χ4v) is 1.85. The summed E-state index contributed by atoms with van der Waals surface area (Å²) >= 11 is 11.6. The van der Waals surface area contributed by atoms with E-state index in [2.05, 4.69) is 11.1 Å². The Morgan fingerprint density at radius 2 is 1.76 bits per heavy atom. The Hall–Kier alpha value is -1.56. The lowest BCUT2D eigenvalue weighted by Gasteiger charge is -2.09. The Morgan fingerprint density at radius 3 is 2.35 bits per heavy atom. The van der Waals surface area contributed by atoms with Crippen LogP contribution in [0, 0.1) is 11.3 Å². The molecule has 0 aliphatic carbocycles. The van der Waals surface area contributed by atoms with Gasteiger partial charge in [-0.2, -0.15) is 5.26 Å². The van der Waals surface area contributed by atoms with Gasteiger partial charge in [0.25, 0.3) is 0 Å². The fraction of sp³-hybridized carbons (Fsp3) is 0.0769. The summed E-state index contributed by atoms with van der Waals surface area (Å²) in [5, 5.41) is 10.3. The SMILES string of the molecule is N#C[C@@H](c1ccc(Cl)cc1)c1cccc(Cl)n1. The van der Waals surface area contributed by atoms with Crippen molar-refractivity contribution in [2.24, 2.45) is 0 Å². The summed E-state index contributed by atoms with van der Waals surface area (Å²) in [5.74, 6) is -0.425. The van der Waals surface area contributed by atoms with Crippen LogP contribution in [-0.2, 0) is 0 Å². The lowest BCUT2D eigenvalue weighted by molar-refractivity contribution is 0.966. The van der Waals surface area contributed by atoms with Crippen LogP contribution in [-0.4, -0.2) is 4.98 Å². The highest BCUT2D eigenvalue weighted by Gasteiger charge is 2.14. The molecule has 84 valence electrons. The van der Waals surface area contributed by atoms with Crippen molar-refractivity contribution in [3.8, 4) is 6.07 Å². The van der Waals surface area contributed by atoms with E-state index in [0.717, 1.165) is 5.56 Å². The van der Waals surface area contributed by atoms with E-state index >= 15 is 0 Å². The third-order valence-electron chi connectivity index (χ3n) is 2.36. The third kappa shape index (κ3) is 2.76. The van der Waals surface area contributed by atoms with Gasteiger partial charge in [-0.1, -0.05) is 41.4 Å². The van der Waals surface area contributed by atoms with Gasteiger partial charge in [0, 0.05) is 5.02 Å². The number of nitriles is 1. The van der Waals surface area contributed by atoms with E-state index in [1.165, 1.54) is 0 Å². The molecule has 0 N–H and O–H groups in total. The Morgan fingerprint density at radius 1 is 1.06 bits per heavy atom. The van der Waals surface area contributed by atoms with Crippen molar-refractivity contribution in [2.75, 3.05) is 0 Å². The molecule has 2 aromatic rings. The maximum absolute atomic E-state index is 9.23. The largest absolute Gasteiger partial charge is 0.239 e. The number of nitrogens with zero attached hydrogens (tertiary/aromatic N) is 2. The first-order chi connectivity index (χ1) is 8.20. The minimum atomic E-state index is -0.425. The van der Waals surface area contributed by atoms with Crippen molar-refractivity contribution in [3.05, 3.63) is 63.9 Å². The topological polar surface area (TPSA) is 36.7 Å². The molecule has 1 heterocycles. The van der Waals surface area contributed by atoms with Crippen LogP contribution >= 0.6 is 23.2 Å². The Labute approximate surface area is 109 Å². The molecule has 0 aliphatic rings. The fourth-order valence-electron chi connectivity index (χ4n) is 1.55. The van der Waals surface area contributed by atoms with Crippen LogP contribution in [0.4, 0.5) is 0 Å². The van der Waals surface area contributed by atoms with Gasteiger partial charge in [0.2, 0.25) is 0 Å². The lowest BCUT2D eigenvalue weighted by Crippen LogP contribution is -2.00. The van der Waals surface area contributed by atoms with Gasteiger partial charge in [-0.05, 0) is 29.8 Å². The van der Waals surface area contributed by atoms with E-state index in [1.54, 1.807) is 30.3 Å². The van der Waals surface area contributed by atoms with E-state index in [1.807, 2.05) is 12.1 Å². The second-order valence-electron chi connectivity index (χ2n) is 3.50. The molecule has 0 saturated heterocycles. The smallest absolute Gasteiger partial charge is 0.129 e. The van der Waals surface area contributed by atoms with Crippen molar-refractivity contribution < 1.29 is 0 Å². The zero-order chi connectivity index (χ0) is 12.3. The van der Waals surface area contributed by atoms with Gasteiger partial charge in [0.15, 0.2) is 0 Å². The summed E-state index contributed by atoms with van der Waals surface area (Å²) in [5.41, 5.74) is 1.49. The van der Waals surface area contributed by atoms with Gasteiger partial charge in [0.1, 0.15) is 11.1 Å². The molecule has 17 heavy (non-hydrogen) atoms. The maximum Gasteiger partial charge on any atom is 0.129 e. The predicted molar refractivity (Wildman–Crippen MR) is 68.2 cm³/mol. The molecule has 0 bridgehead atoms. The summed E-state index contributed by atoms with van der Waals surface area (Å²) in [6.45, 7) is 0. The second-order valence-corrected chi connectivity index (χ2v) is 4.32. The van der Waals surface area contributed by atoms with Gasteiger partial charge in [-0.25, -0.2) is 4.98 Å².